The molecule has 10 heteroatoms. The molecule has 0 aliphatic carbocycles. The maximum Gasteiger partial charge on any atom is 0.251 e. The molecule has 0 saturated heterocycles. The predicted molar refractivity (Wildman–Crippen MR) is 143 cm³/mol. The second kappa shape index (κ2) is 22.7. The van der Waals surface area contributed by atoms with E-state index in [4.69, 9.17) is 4.74 Å². The van der Waals surface area contributed by atoms with Gasteiger partial charge in [0.2, 0.25) is 5.91 Å². The zero-order chi connectivity index (χ0) is 27.0. The topological polar surface area (TPSA) is 102 Å². The summed E-state index contributed by atoms with van der Waals surface area (Å²) in [7, 11) is 0. The molecule has 0 aliphatic rings. The Morgan fingerprint density at radius 2 is 1.62 bits per heavy atom. The van der Waals surface area contributed by atoms with Crippen molar-refractivity contribution >= 4 is 36.5 Å². The summed E-state index contributed by atoms with van der Waals surface area (Å²) in [4.78, 5) is 45.3. The van der Waals surface area contributed by atoms with Gasteiger partial charge in [-0.3, -0.25) is 14.4 Å². The molecule has 2 atom stereocenters. The van der Waals surface area contributed by atoms with Crippen molar-refractivity contribution in [1.29, 1.82) is 0 Å². The van der Waals surface area contributed by atoms with Gasteiger partial charge in [-0.2, -0.15) is 12.6 Å². The van der Waals surface area contributed by atoms with E-state index in [2.05, 4.69) is 30.2 Å². The number of hydrogen-bond acceptors (Lipinski definition) is 6. The van der Waals surface area contributed by atoms with E-state index in [-0.39, 0.29) is 91.3 Å². The van der Waals surface area contributed by atoms with E-state index in [1.807, 2.05) is 40.9 Å². The third-order valence-electron chi connectivity index (χ3n) is 5.08. The fourth-order valence-electron chi connectivity index (χ4n) is 3.05. The molecular formula is C27H42N2O5SU2-2. The summed E-state index contributed by atoms with van der Waals surface area (Å²) in [5.41, 5.74) is 0.823. The molecule has 1 aromatic rings. The van der Waals surface area contributed by atoms with Crippen molar-refractivity contribution in [2.24, 2.45) is 11.8 Å². The van der Waals surface area contributed by atoms with Crippen LogP contribution in [0.1, 0.15) is 81.5 Å². The third-order valence-corrected chi connectivity index (χ3v) is 5.52. The summed E-state index contributed by atoms with van der Waals surface area (Å²) in [5, 5.41) is 5.45. The summed E-state index contributed by atoms with van der Waals surface area (Å²) in [5.74, 6) is 0.106. The second-order valence-corrected chi connectivity index (χ2v) is 9.61. The van der Waals surface area contributed by atoms with Gasteiger partial charge in [0.1, 0.15) is 5.78 Å². The Bertz CT molecular complexity index is 804. The van der Waals surface area contributed by atoms with Crippen LogP contribution in [-0.4, -0.2) is 54.4 Å². The van der Waals surface area contributed by atoms with Crippen LogP contribution in [0.4, 0.5) is 0 Å². The first-order chi connectivity index (χ1) is 16.4. The van der Waals surface area contributed by atoms with Gasteiger partial charge in [-0.15, -0.1) is 0 Å². The Balaban J connectivity index is -0.000000708. The van der Waals surface area contributed by atoms with Gasteiger partial charge in [0.15, 0.2) is 0 Å². The molecule has 0 aliphatic heterocycles. The van der Waals surface area contributed by atoms with Gasteiger partial charge in [-0.05, 0) is 51.0 Å². The van der Waals surface area contributed by atoms with Crippen molar-refractivity contribution in [3.8, 4) is 0 Å². The molecule has 0 saturated carbocycles. The SMILES string of the molecule is CCC(=O)NC([C-]=O)CC(C)C.[CH2-]C(CS)C(=O)c1ccc(C(=O)NCCC(C)(C)OCC)cc1.[U].[U]. The molecule has 2 N–H and O–H groups in total. The molecule has 1 rings (SSSR count). The Hall–Kier alpha value is -0.0861. The van der Waals surface area contributed by atoms with Crippen molar-refractivity contribution in [3.63, 3.8) is 0 Å². The summed E-state index contributed by atoms with van der Waals surface area (Å²) in [6.45, 7) is 16.6. The van der Waals surface area contributed by atoms with Crippen LogP contribution in [0, 0.1) is 81.0 Å². The van der Waals surface area contributed by atoms with Gasteiger partial charge >= 0.3 is 0 Å². The molecule has 0 bridgehead atoms. The molecule has 2 unspecified atom stereocenters. The second-order valence-electron chi connectivity index (χ2n) is 9.24. The minimum Gasteiger partial charge on any atom is -0.540 e. The van der Waals surface area contributed by atoms with Gasteiger partial charge < -0.3 is 27.1 Å². The van der Waals surface area contributed by atoms with Gasteiger partial charge in [0, 0.05) is 92.9 Å². The van der Waals surface area contributed by atoms with E-state index in [0.29, 0.717) is 48.8 Å². The van der Waals surface area contributed by atoms with Crippen LogP contribution in [0.25, 0.3) is 0 Å². The molecular weight excluding hydrogens is 940 g/mol. The number of ketones is 1. The molecule has 0 spiro atoms. The minimum atomic E-state index is -0.433. The number of ether oxygens (including phenoxy) is 1. The standard InChI is InChI=1S/C18H26NO3S.C9H16NO2.2U/c1-5-22-18(3,4)10-11-19-17(21)15-8-6-14(7-9-15)16(20)13(2)12-23;1-4-9(12)10-8(6-11)5-7(2)3;;/h6-9,13,23H,2,5,10-12H2,1,3-4H3,(H,19,21);7-8H,4-5H2,1-3H3,(H,10,12);;/q2*-1;;. The molecule has 0 fully saturated rings. The van der Waals surface area contributed by atoms with Crippen molar-refractivity contribution in [2.45, 2.75) is 72.4 Å². The number of Topliss-reactive ketones (excluding diaryl/α,β-unsaturated/α-hetero) is 1. The summed E-state index contributed by atoms with van der Waals surface area (Å²) in [6, 6.07) is 6.19. The average Bonchev–Trinajstić information content (AvgIpc) is 2.82. The zero-order valence-corrected chi connectivity index (χ0v) is 32.2. The first-order valence-corrected chi connectivity index (χ1v) is 12.7. The Kier molecular flexibility index (Phi) is 25.4. The predicted octanol–water partition coefficient (Wildman–Crippen LogP) is 4.22. The van der Waals surface area contributed by atoms with Crippen LogP contribution >= 0.6 is 12.6 Å². The average molecular weight is 983 g/mol. The maximum atomic E-state index is 12.1. The van der Waals surface area contributed by atoms with Crippen LogP contribution < -0.4 is 10.6 Å². The van der Waals surface area contributed by atoms with Gasteiger partial charge in [0.05, 0.1) is 5.60 Å². The third kappa shape index (κ3) is 18.8. The molecule has 0 radical (unpaired) electrons. The number of amides is 2. The first kappa shape index (κ1) is 41.4. The van der Waals surface area contributed by atoms with Crippen molar-refractivity contribution in [1.82, 2.24) is 10.6 Å². The van der Waals surface area contributed by atoms with E-state index < -0.39 is 6.04 Å². The molecule has 7 nitrogen and oxygen atoms in total. The molecule has 1 aromatic carbocycles. The fraction of sp³-hybridized carbons (Fsp3) is 0.593. The normalized spacial score (nSPS) is 12.0. The maximum absolute atomic E-state index is 12.1. The Morgan fingerprint density at radius 3 is 2.05 bits per heavy atom. The monoisotopic (exact) mass is 982 g/mol. The molecule has 0 aromatic heterocycles. The quantitative estimate of drug-likeness (QED) is 0.148. The molecule has 2 amide bonds. The van der Waals surface area contributed by atoms with E-state index in [1.165, 1.54) is 0 Å². The summed E-state index contributed by atoms with van der Waals surface area (Å²) < 4.78 is 5.59. The van der Waals surface area contributed by atoms with E-state index in [0.717, 1.165) is 6.42 Å². The Morgan fingerprint density at radius 1 is 1.08 bits per heavy atom. The minimum absolute atomic E-state index is 0. The Labute approximate surface area is 276 Å². The van der Waals surface area contributed by atoms with E-state index >= 15 is 0 Å². The molecule has 206 valence electrons. The smallest absolute Gasteiger partial charge is 0.251 e. The number of hydrogen-bond donors (Lipinski definition) is 3. The molecule has 37 heavy (non-hydrogen) atoms. The van der Waals surface area contributed by atoms with Crippen LogP contribution in [-0.2, 0) is 14.3 Å². The van der Waals surface area contributed by atoms with Crippen molar-refractivity contribution in [3.05, 3.63) is 42.3 Å². The zero-order valence-electron chi connectivity index (χ0n) is 23.0. The summed E-state index contributed by atoms with van der Waals surface area (Å²) in [6.07, 6.45) is 3.62. The van der Waals surface area contributed by atoms with Crippen LogP contribution in [0.2, 0.25) is 0 Å². The number of carbonyl (C=O) groups excluding carboxylic acids is 4. The van der Waals surface area contributed by atoms with Crippen LogP contribution in [0.5, 0.6) is 0 Å². The van der Waals surface area contributed by atoms with Gasteiger partial charge in [-0.1, -0.05) is 51.3 Å². The first-order valence-electron chi connectivity index (χ1n) is 12.1. The number of nitrogens with one attached hydrogen (secondary N) is 2. The fourth-order valence-corrected chi connectivity index (χ4v) is 3.22. The van der Waals surface area contributed by atoms with Crippen molar-refractivity contribution < 1.29 is 86.1 Å². The number of thiol groups is 1. The van der Waals surface area contributed by atoms with Crippen molar-refractivity contribution in [2.75, 3.05) is 18.9 Å². The van der Waals surface area contributed by atoms with Gasteiger partial charge in [-0.25, -0.2) is 6.29 Å². The number of benzene rings is 1. The molecule has 0 heterocycles. The summed E-state index contributed by atoms with van der Waals surface area (Å²) >= 11 is 4.08. The number of rotatable bonds is 14. The van der Waals surface area contributed by atoms with Crippen LogP contribution in [0.15, 0.2) is 24.3 Å². The largest absolute Gasteiger partial charge is 0.540 e. The van der Waals surface area contributed by atoms with E-state index in [1.54, 1.807) is 31.2 Å². The number of carbonyl (C=O) groups is 3. The van der Waals surface area contributed by atoms with E-state index in [9.17, 15) is 19.2 Å². The van der Waals surface area contributed by atoms with Gasteiger partial charge in [0.25, 0.3) is 5.91 Å². The van der Waals surface area contributed by atoms with Crippen LogP contribution in [0.3, 0.4) is 0 Å².